The molecule has 0 spiro atoms. The van der Waals surface area contributed by atoms with Gasteiger partial charge >= 0.3 is 0 Å². The molecule has 94 valence electrons. The van der Waals surface area contributed by atoms with E-state index in [9.17, 15) is 9.59 Å². The fourth-order valence-corrected chi connectivity index (χ4v) is 2.64. The Balaban J connectivity index is 2.61. The van der Waals surface area contributed by atoms with Crippen LogP contribution in [0.1, 0.15) is 32.0 Å². The molecular formula is C16H13NO2. The molecule has 2 aromatic heterocycles. The zero-order valence-electron chi connectivity index (χ0n) is 10.8. The summed E-state index contributed by atoms with van der Waals surface area (Å²) < 4.78 is 1.86. The van der Waals surface area contributed by atoms with Gasteiger partial charge in [0.15, 0.2) is 12.6 Å². The third-order valence-electron chi connectivity index (χ3n) is 3.62. The van der Waals surface area contributed by atoms with E-state index in [0.717, 1.165) is 34.6 Å². The minimum atomic E-state index is 0.548. The number of pyridine rings is 1. The largest absolute Gasteiger partial charge is 0.306 e. The molecule has 0 saturated carbocycles. The van der Waals surface area contributed by atoms with Crippen molar-refractivity contribution in [3.63, 3.8) is 0 Å². The molecule has 0 radical (unpaired) electrons. The lowest BCUT2D eigenvalue weighted by Gasteiger charge is -2.05. The van der Waals surface area contributed by atoms with Gasteiger partial charge in [0.2, 0.25) is 0 Å². The number of fused-ring (bicyclic) bond motifs is 3. The molecule has 0 aliphatic rings. The molecule has 1 aromatic carbocycles. The number of nitrogens with zero attached hydrogens (tertiary/aromatic N) is 1. The minimum Gasteiger partial charge on any atom is -0.306 e. The highest BCUT2D eigenvalue weighted by molar-refractivity contribution is 5.98. The van der Waals surface area contributed by atoms with E-state index < -0.39 is 0 Å². The summed E-state index contributed by atoms with van der Waals surface area (Å²) in [6.45, 7) is 3.84. The fourth-order valence-electron chi connectivity index (χ4n) is 2.64. The average Bonchev–Trinajstić information content (AvgIpc) is 2.69. The molecule has 0 N–H and O–H groups in total. The molecular weight excluding hydrogens is 238 g/mol. The van der Waals surface area contributed by atoms with Crippen LogP contribution < -0.4 is 0 Å². The van der Waals surface area contributed by atoms with Gasteiger partial charge in [-0.05, 0) is 43.0 Å². The van der Waals surface area contributed by atoms with Gasteiger partial charge in [-0.2, -0.15) is 0 Å². The predicted molar refractivity (Wildman–Crippen MR) is 75.2 cm³/mol. The first kappa shape index (κ1) is 11.7. The zero-order valence-corrected chi connectivity index (χ0v) is 10.8. The van der Waals surface area contributed by atoms with E-state index in [-0.39, 0.29) is 0 Å². The van der Waals surface area contributed by atoms with Crippen molar-refractivity contribution >= 4 is 29.0 Å². The summed E-state index contributed by atoms with van der Waals surface area (Å²) >= 11 is 0. The van der Waals surface area contributed by atoms with E-state index in [2.05, 4.69) is 6.07 Å². The highest BCUT2D eigenvalue weighted by Crippen LogP contribution is 2.26. The van der Waals surface area contributed by atoms with Crippen molar-refractivity contribution in [2.24, 2.45) is 0 Å². The van der Waals surface area contributed by atoms with Crippen molar-refractivity contribution < 1.29 is 9.59 Å². The second-order valence-corrected chi connectivity index (χ2v) is 4.78. The molecule has 0 amide bonds. The Morgan fingerprint density at radius 1 is 0.947 bits per heavy atom. The maximum Gasteiger partial charge on any atom is 0.167 e. The van der Waals surface area contributed by atoms with Gasteiger partial charge in [-0.1, -0.05) is 17.7 Å². The van der Waals surface area contributed by atoms with Crippen LogP contribution in [0.15, 0.2) is 30.3 Å². The lowest BCUT2D eigenvalue weighted by atomic mass is 10.1. The topological polar surface area (TPSA) is 38.5 Å². The zero-order chi connectivity index (χ0) is 13.6. The van der Waals surface area contributed by atoms with E-state index in [4.69, 9.17) is 0 Å². The van der Waals surface area contributed by atoms with Gasteiger partial charge in [0.1, 0.15) is 0 Å². The average molecular weight is 251 g/mol. The minimum absolute atomic E-state index is 0.548. The van der Waals surface area contributed by atoms with Gasteiger partial charge in [0, 0.05) is 5.56 Å². The first-order valence-electron chi connectivity index (χ1n) is 6.12. The Morgan fingerprint density at radius 3 is 2.37 bits per heavy atom. The third-order valence-corrected chi connectivity index (χ3v) is 3.62. The normalized spacial score (nSPS) is 11.1. The highest BCUT2D eigenvalue weighted by atomic mass is 16.1. The SMILES string of the molecule is Cc1ccc2c(ccc3c(C=O)c(C)c(C=O)n32)c1. The molecule has 0 aliphatic carbocycles. The van der Waals surface area contributed by atoms with E-state index in [1.807, 2.05) is 35.6 Å². The van der Waals surface area contributed by atoms with Crippen LogP contribution in [0, 0.1) is 13.8 Å². The van der Waals surface area contributed by atoms with Crippen LogP contribution in [-0.4, -0.2) is 17.0 Å². The Labute approximate surface area is 110 Å². The quantitative estimate of drug-likeness (QED) is 0.655. The van der Waals surface area contributed by atoms with Gasteiger partial charge in [-0.25, -0.2) is 0 Å². The molecule has 19 heavy (non-hydrogen) atoms. The first-order valence-corrected chi connectivity index (χ1v) is 6.12. The van der Waals surface area contributed by atoms with Crippen molar-refractivity contribution in [2.45, 2.75) is 13.8 Å². The number of hydrogen-bond acceptors (Lipinski definition) is 2. The third kappa shape index (κ3) is 1.51. The number of benzene rings is 1. The van der Waals surface area contributed by atoms with E-state index in [0.29, 0.717) is 11.3 Å². The number of carbonyl (C=O) groups excluding carboxylic acids is 2. The molecule has 0 bridgehead atoms. The summed E-state index contributed by atoms with van der Waals surface area (Å²) in [4.78, 5) is 22.6. The number of aldehydes is 2. The first-order chi connectivity index (χ1) is 9.17. The van der Waals surface area contributed by atoms with E-state index in [1.165, 1.54) is 5.56 Å². The number of hydrogen-bond donors (Lipinski definition) is 0. The van der Waals surface area contributed by atoms with Crippen molar-refractivity contribution in [3.8, 4) is 0 Å². The van der Waals surface area contributed by atoms with Crippen LogP contribution >= 0.6 is 0 Å². The van der Waals surface area contributed by atoms with Crippen molar-refractivity contribution in [1.29, 1.82) is 0 Å². The van der Waals surface area contributed by atoms with Crippen LogP contribution in [0.4, 0.5) is 0 Å². The smallest absolute Gasteiger partial charge is 0.167 e. The fraction of sp³-hybridized carbons (Fsp3) is 0.125. The van der Waals surface area contributed by atoms with E-state index >= 15 is 0 Å². The molecule has 2 heterocycles. The summed E-state index contributed by atoms with van der Waals surface area (Å²) in [5.41, 5.74) is 4.76. The Kier molecular flexibility index (Phi) is 2.49. The van der Waals surface area contributed by atoms with Crippen molar-refractivity contribution in [2.75, 3.05) is 0 Å². The summed E-state index contributed by atoms with van der Waals surface area (Å²) in [6, 6.07) is 9.94. The lowest BCUT2D eigenvalue weighted by molar-refractivity contribution is 0.111. The predicted octanol–water partition coefficient (Wildman–Crippen LogP) is 3.33. The van der Waals surface area contributed by atoms with Crippen molar-refractivity contribution in [3.05, 3.63) is 52.7 Å². The molecule has 3 rings (SSSR count). The molecule has 0 unspecified atom stereocenters. The molecule has 0 atom stereocenters. The van der Waals surface area contributed by atoms with Gasteiger partial charge in [-0.3, -0.25) is 9.59 Å². The summed E-state index contributed by atoms with van der Waals surface area (Å²) in [5.74, 6) is 0. The number of rotatable bonds is 2. The van der Waals surface area contributed by atoms with Gasteiger partial charge in [0.05, 0.1) is 16.7 Å². The lowest BCUT2D eigenvalue weighted by Crippen LogP contribution is -1.94. The van der Waals surface area contributed by atoms with Crippen LogP contribution in [0.5, 0.6) is 0 Å². The second kappa shape index (κ2) is 4.05. The van der Waals surface area contributed by atoms with Gasteiger partial charge in [-0.15, -0.1) is 0 Å². The highest BCUT2D eigenvalue weighted by Gasteiger charge is 2.15. The number of aryl methyl sites for hydroxylation is 1. The maximum absolute atomic E-state index is 11.3. The van der Waals surface area contributed by atoms with Crippen LogP contribution in [-0.2, 0) is 0 Å². The monoisotopic (exact) mass is 251 g/mol. The molecule has 0 saturated heterocycles. The Bertz CT molecular complexity index is 828. The Morgan fingerprint density at radius 2 is 1.68 bits per heavy atom. The summed E-state index contributed by atoms with van der Waals surface area (Å²) in [7, 11) is 0. The molecule has 3 aromatic rings. The summed E-state index contributed by atoms with van der Waals surface area (Å²) in [6.07, 6.45) is 1.63. The van der Waals surface area contributed by atoms with Crippen LogP contribution in [0.2, 0.25) is 0 Å². The van der Waals surface area contributed by atoms with Crippen LogP contribution in [0.3, 0.4) is 0 Å². The number of aromatic nitrogens is 1. The number of carbonyl (C=O) groups is 2. The standard InChI is InChI=1S/C16H13NO2/c1-10-3-5-14-12(7-10)4-6-15-13(8-18)11(2)16(9-19)17(14)15/h3-9H,1-2H3. The Hall–Kier alpha value is -2.42. The molecule has 0 aliphatic heterocycles. The van der Waals surface area contributed by atoms with Crippen molar-refractivity contribution in [1.82, 2.24) is 4.40 Å². The van der Waals surface area contributed by atoms with Crippen LogP contribution in [0.25, 0.3) is 16.4 Å². The molecule has 3 nitrogen and oxygen atoms in total. The maximum atomic E-state index is 11.3. The van der Waals surface area contributed by atoms with E-state index in [1.54, 1.807) is 6.92 Å². The molecule has 3 heteroatoms. The van der Waals surface area contributed by atoms with Gasteiger partial charge < -0.3 is 4.40 Å². The molecule has 0 fully saturated rings. The van der Waals surface area contributed by atoms with Gasteiger partial charge in [0.25, 0.3) is 0 Å². The second-order valence-electron chi connectivity index (χ2n) is 4.78. The summed E-state index contributed by atoms with van der Waals surface area (Å²) in [5, 5.41) is 1.06.